The van der Waals surface area contributed by atoms with Crippen LogP contribution in [-0.2, 0) is 14.4 Å². The summed E-state index contributed by atoms with van der Waals surface area (Å²) in [7, 11) is 0. The highest BCUT2D eigenvalue weighted by atomic mass is 16.8. The smallest absolute Gasteiger partial charge is 0.237 e. The van der Waals surface area contributed by atoms with Gasteiger partial charge in [-0.05, 0) is 18.6 Å². The predicted molar refractivity (Wildman–Crippen MR) is 68.5 cm³/mol. The lowest BCUT2D eigenvalue weighted by Gasteiger charge is -2.36. The largest absolute Gasteiger partial charge is 0.362 e. The van der Waals surface area contributed by atoms with Crippen LogP contribution in [0.2, 0.25) is 0 Å². The average molecular weight is 255 g/mol. The minimum absolute atomic E-state index is 0.108. The van der Waals surface area contributed by atoms with Crippen molar-refractivity contribution in [3.8, 4) is 0 Å². The van der Waals surface area contributed by atoms with Crippen molar-refractivity contribution in [1.29, 1.82) is 0 Å². The number of hydrogen-bond donors (Lipinski definition) is 0. The van der Waals surface area contributed by atoms with Crippen LogP contribution >= 0.6 is 0 Å². The fourth-order valence-electron chi connectivity index (χ4n) is 3.26. The highest BCUT2D eigenvalue weighted by Crippen LogP contribution is 2.53. The third kappa shape index (κ3) is 1.27. The molecule has 19 heavy (non-hydrogen) atoms. The summed E-state index contributed by atoms with van der Waals surface area (Å²) in [5, 5.41) is 4.15. The van der Waals surface area contributed by atoms with E-state index in [1.54, 1.807) is 6.08 Å². The van der Waals surface area contributed by atoms with Gasteiger partial charge in [0, 0.05) is 5.56 Å². The van der Waals surface area contributed by atoms with Crippen LogP contribution in [0.15, 0.2) is 47.1 Å². The molecule has 1 aliphatic carbocycles. The quantitative estimate of drug-likeness (QED) is 0.770. The fraction of sp³-hybridized carbons (Fsp3) is 0.333. The van der Waals surface area contributed by atoms with E-state index in [-0.39, 0.29) is 11.7 Å². The zero-order valence-corrected chi connectivity index (χ0v) is 10.5. The molecule has 0 spiro atoms. The number of hydrogen-bond acceptors (Lipinski definition) is 4. The molecule has 1 aromatic carbocycles. The molecule has 1 aromatic rings. The Morgan fingerprint density at radius 3 is 2.89 bits per heavy atom. The number of carbonyl (C=O) groups is 1. The van der Waals surface area contributed by atoms with Gasteiger partial charge in [-0.2, -0.15) is 0 Å². The molecule has 3 atom stereocenters. The molecule has 0 saturated carbocycles. The van der Waals surface area contributed by atoms with E-state index in [4.69, 9.17) is 9.57 Å². The maximum Gasteiger partial charge on any atom is 0.237 e. The second-order valence-corrected chi connectivity index (χ2v) is 5.38. The van der Waals surface area contributed by atoms with E-state index in [0.29, 0.717) is 12.3 Å². The van der Waals surface area contributed by atoms with Crippen LogP contribution in [0.25, 0.3) is 0 Å². The van der Waals surface area contributed by atoms with Gasteiger partial charge in [0.25, 0.3) is 0 Å². The number of nitrogens with zero attached hydrogens (tertiary/aromatic N) is 1. The van der Waals surface area contributed by atoms with Crippen LogP contribution in [0.5, 0.6) is 0 Å². The minimum atomic E-state index is -0.442. The second kappa shape index (κ2) is 3.54. The molecule has 0 radical (unpaired) electrons. The normalized spacial score (nSPS) is 35.5. The number of oxime groups is 1. The van der Waals surface area contributed by atoms with Gasteiger partial charge in [-0.3, -0.25) is 4.79 Å². The van der Waals surface area contributed by atoms with E-state index in [2.05, 4.69) is 5.16 Å². The number of benzene rings is 1. The number of rotatable bonds is 1. The van der Waals surface area contributed by atoms with E-state index in [1.165, 1.54) is 0 Å². The lowest BCUT2D eigenvalue weighted by atomic mass is 9.71. The van der Waals surface area contributed by atoms with Gasteiger partial charge in [-0.25, -0.2) is 0 Å². The van der Waals surface area contributed by atoms with Gasteiger partial charge in [-0.1, -0.05) is 35.5 Å². The van der Waals surface area contributed by atoms with Crippen molar-refractivity contribution in [3.05, 3.63) is 47.5 Å². The number of allylic oxidation sites excluding steroid dienone is 1. The third-order valence-electron chi connectivity index (χ3n) is 4.36. The maximum absolute atomic E-state index is 12.3. The third-order valence-corrected chi connectivity index (χ3v) is 4.36. The van der Waals surface area contributed by atoms with Gasteiger partial charge in [0.05, 0.1) is 23.7 Å². The van der Waals surface area contributed by atoms with E-state index in [0.717, 1.165) is 11.1 Å². The van der Waals surface area contributed by atoms with Crippen LogP contribution in [-0.4, -0.2) is 24.4 Å². The van der Waals surface area contributed by atoms with Gasteiger partial charge in [0.1, 0.15) is 0 Å². The van der Waals surface area contributed by atoms with Crippen molar-refractivity contribution in [1.82, 2.24) is 0 Å². The van der Waals surface area contributed by atoms with Crippen LogP contribution in [0.3, 0.4) is 0 Å². The van der Waals surface area contributed by atoms with Crippen LogP contribution in [0.1, 0.15) is 12.5 Å². The molecule has 0 bridgehead atoms. The zero-order chi connectivity index (χ0) is 13.0. The van der Waals surface area contributed by atoms with Crippen molar-refractivity contribution >= 4 is 11.5 Å². The molecule has 96 valence electrons. The maximum atomic E-state index is 12.3. The fourth-order valence-corrected chi connectivity index (χ4v) is 3.26. The molecule has 0 unspecified atom stereocenters. The minimum Gasteiger partial charge on any atom is -0.362 e. The summed E-state index contributed by atoms with van der Waals surface area (Å²) < 4.78 is 5.58. The molecule has 0 aromatic heterocycles. The molecule has 1 fully saturated rings. The first-order chi connectivity index (χ1) is 9.21. The first kappa shape index (κ1) is 10.9. The van der Waals surface area contributed by atoms with Gasteiger partial charge in [0.15, 0.2) is 5.78 Å². The number of ketones is 1. The Balaban J connectivity index is 1.86. The monoisotopic (exact) mass is 255 g/mol. The Morgan fingerprint density at radius 2 is 2.11 bits per heavy atom. The summed E-state index contributed by atoms with van der Waals surface area (Å²) in [6, 6.07) is 9.72. The number of ether oxygens (including phenoxy) is 1. The van der Waals surface area contributed by atoms with Crippen LogP contribution in [0, 0.1) is 11.3 Å². The molecule has 0 N–H and O–H groups in total. The molecule has 2 heterocycles. The molecule has 1 saturated heterocycles. The van der Waals surface area contributed by atoms with Gasteiger partial charge >= 0.3 is 0 Å². The molecule has 4 nitrogen and oxygen atoms in total. The van der Waals surface area contributed by atoms with Gasteiger partial charge in [-0.15, -0.1) is 0 Å². The molecule has 3 aliphatic rings. The van der Waals surface area contributed by atoms with Crippen molar-refractivity contribution < 1.29 is 14.4 Å². The zero-order valence-electron chi connectivity index (χ0n) is 10.5. The van der Waals surface area contributed by atoms with Gasteiger partial charge < -0.3 is 9.57 Å². The Morgan fingerprint density at radius 1 is 1.32 bits per heavy atom. The Labute approximate surface area is 110 Å². The summed E-state index contributed by atoms with van der Waals surface area (Å²) in [5.41, 5.74) is 2.27. The van der Waals surface area contributed by atoms with E-state index in [9.17, 15) is 4.79 Å². The highest BCUT2D eigenvalue weighted by Gasteiger charge is 2.61. The van der Waals surface area contributed by atoms with E-state index in [1.807, 2.05) is 37.3 Å². The summed E-state index contributed by atoms with van der Waals surface area (Å²) in [5.74, 6) is -0.178. The summed E-state index contributed by atoms with van der Waals surface area (Å²) >= 11 is 0. The Bertz CT molecular complexity index is 620. The van der Waals surface area contributed by atoms with Crippen molar-refractivity contribution in [2.75, 3.05) is 6.61 Å². The highest BCUT2D eigenvalue weighted by molar-refractivity contribution is 6.19. The van der Waals surface area contributed by atoms with Crippen molar-refractivity contribution in [2.24, 2.45) is 16.5 Å². The lowest BCUT2D eigenvalue weighted by Crippen LogP contribution is -2.45. The second-order valence-electron chi connectivity index (χ2n) is 5.38. The van der Waals surface area contributed by atoms with Crippen LogP contribution in [0.4, 0.5) is 0 Å². The molecule has 2 aliphatic heterocycles. The number of carbonyl (C=O) groups excluding carboxylic acids is 1. The summed E-state index contributed by atoms with van der Waals surface area (Å²) in [6.45, 7) is 2.49. The summed E-state index contributed by atoms with van der Waals surface area (Å²) in [4.78, 5) is 17.8. The Kier molecular flexibility index (Phi) is 2.04. The van der Waals surface area contributed by atoms with Gasteiger partial charge in [0.2, 0.25) is 6.29 Å². The molecule has 0 amide bonds. The molecular formula is C15H13NO3. The topological polar surface area (TPSA) is 47.9 Å². The standard InChI is InChI=1S/C15H13NO3/c1-15-10-7-11(17)12(15)13(9-5-3-2-4-6-9)16-19-14(15)18-8-10/h2-7,12,14H,8H2,1H3/t12-,14+,15-/m1/s1. The lowest BCUT2D eigenvalue weighted by molar-refractivity contribution is -0.172. The summed E-state index contributed by atoms with van der Waals surface area (Å²) in [6.07, 6.45) is 1.26. The predicted octanol–water partition coefficient (Wildman–Crippen LogP) is 1.91. The van der Waals surface area contributed by atoms with E-state index < -0.39 is 11.7 Å². The molecular weight excluding hydrogens is 242 g/mol. The van der Waals surface area contributed by atoms with Crippen LogP contribution < -0.4 is 0 Å². The first-order valence-corrected chi connectivity index (χ1v) is 6.37. The first-order valence-electron chi connectivity index (χ1n) is 6.37. The van der Waals surface area contributed by atoms with Crippen molar-refractivity contribution in [3.63, 3.8) is 0 Å². The molecule has 4 rings (SSSR count). The SMILES string of the molecule is C[C@@]12C3=CC(=O)[C@@H]1C(c1ccccc1)=NO[C@@H]2OC3. The molecule has 4 heteroatoms. The van der Waals surface area contributed by atoms with Crippen molar-refractivity contribution in [2.45, 2.75) is 13.2 Å². The van der Waals surface area contributed by atoms with E-state index >= 15 is 0 Å². The Hall–Kier alpha value is -1.94. The average Bonchev–Trinajstić information content (AvgIpc) is 2.89.